The van der Waals surface area contributed by atoms with Crippen LogP contribution in [0.4, 0.5) is 0 Å². The minimum absolute atomic E-state index is 0.656. The highest BCUT2D eigenvalue weighted by molar-refractivity contribution is 5.97. The number of aromatic nitrogens is 1. The Hall–Kier alpha value is -3.44. The smallest absolute Gasteiger partial charge is 0.0991 e. The molecule has 3 aromatic carbocycles. The highest BCUT2D eigenvalue weighted by atomic mass is 14.7. The Morgan fingerprint density at radius 1 is 0.800 bits per heavy atom. The van der Waals surface area contributed by atoms with E-state index in [1.807, 2.05) is 30.3 Å². The molecule has 2 heteroatoms. The molecule has 0 aliphatic carbocycles. The van der Waals surface area contributed by atoms with Crippen LogP contribution in [-0.2, 0) is 0 Å². The van der Waals surface area contributed by atoms with Crippen molar-refractivity contribution in [3.63, 3.8) is 0 Å². The molecular weight excluding hydrogens is 304 g/mol. The largest absolute Gasteiger partial charge is 0.248 e. The van der Waals surface area contributed by atoms with E-state index in [0.717, 1.165) is 22.2 Å². The number of nitriles is 1. The number of fused-ring (bicyclic) bond motifs is 1. The molecule has 0 amide bonds. The van der Waals surface area contributed by atoms with E-state index in [1.54, 1.807) is 0 Å². The molecule has 0 atom stereocenters. The molecule has 4 rings (SSSR count). The van der Waals surface area contributed by atoms with E-state index in [2.05, 4.69) is 61.5 Å². The fraction of sp³-hybridized carbons (Fsp3) is 0.0435. The van der Waals surface area contributed by atoms with E-state index in [-0.39, 0.29) is 0 Å². The zero-order valence-electron chi connectivity index (χ0n) is 13.9. The lowest BCUT2D eigenvalue weighted by atomic mass is 9.97. The number of hydrogen-bond donors (Lipinski definition) is 0. The Labute approximate surface area is 147 Å². The van der Waals surface area contributed by atoms with Gasteiger partial charge in [-0.1, -0.05) is 54.1 Å². The summed E-state index contributed by atoms with van der Waals surface area (Å²) in [5.74, 6) is 0. The predicted octanol–water partition coefficient (Wildman–Crippen LogP) is 5.75. The van der Waals surface area contributed by atoms with E-state index in [4.69, 9.17) is 10.2 Å². The molecule has 0 aliphatic rings. The maximum Gasteiger partial charge on any atom is 0.0991 e. The van der Waals surface area contributed by atoms with Gasteiger partial charge < -0.3 is 0 Å². The highest BCUT2D eigenvalue weighted by Gasteiger charge is 2.10. The van der Waals surface area contributed by atoms with Crippen molar-refractivity contribution in [1.82, 2.24) is 4.98 Å². The lowest BCUT2D eigenvalue weighted by molar-refractivity contribution is 1.38. The lowest BCUT2D eigenvalue weighted by Crippen LogP contribution is -1.91. The first-order chi connectivity index (χ1) is 12.2. The third-order valence-electron chi connectivity index (χ3n) is 4.36. The summed E-state index contributed by atoms with van der Waals surface area (Å²) in [5.41, 5.74) is 7.13. The molecule has 4 aromatic rings. The van der Waals surface area contributed by atoms with Gasteiger partial charge in [-0.3, -0.25) is 0 Å². The predicted molar refractivity (Wildman–Crippen MR) is 102 cm³/mol. The lowest BCUT2D eigenvalue weighted by Gasteiger charge is -2.11. The van der Waals surface area contributed by atoms with Crippen LogP contribution in [0.2, 0.25) is 0 Å². The van der Waals surface area contributed by atoms with Crippen molar-refractivity contribution in [2.24, 2.45) is 0 Å². The van der Waals surface area contributed by atoms with Gasteiger partial charge in [0.15, 0.2) is 0 Å². The van der Waals surface area contributed by atoms with Crippen LogP contribution in [0, 0.1) is 18.3 Å². The summed E-state index contributed by atoms with van der Waals surface area (Å²) >= 11 is 0. The van der Waals surface area contributed by atoms with Gasteiger partial charge in [-0.2, -0.15) is 5.26 Å². The average molecular weight is 320 g/mol. The van der Waals surface area contributed by atoms with Gasteiger partial charge in [-0.25, -0.2) is 4.98 Å². The fourth-order valence-corrected chi connectivity index (χ4v) is 3.06. The van der Waals surface area contributed by atoms with Crippen LogP contribution in [0.1, 0.15) is 11.1 Å². The molecule has 0 spiro atoms. The summed E-state index contributed by atoms with van der Waals surface area (Å²) in [6.45, 7) is 2.10. The maximum atomic E-state index is 8.99. The number of nitrogens with zero attached hydrogens (tertiary/aromatic N) is 2. The van der Waals surface area contributed by atoms with Crippen molar-refractivity contribution in [3.05, 3.63) is 90.0 Å². The molecule has 0 fully saturated rings. The first kappa shape index (κ1) is 15.1. The Morgan fingerprint density at radius 2 is 1.56 bits per heavy atom. The van der Waals surface area contributed by atoms with Gasteiger partial charge in [0.05, 0.1) is 22.8 Å². The Morgan fingerprint density at radius 3 is 2.28 bits per heavy atom. The van der Waals surface area contributed by atoms with Crippen molar-refractivity contribution in [2.75, 3.05) is 0 Å². The van der Waals surface area contributed by atoms with Crippen LogP contribution in [0.3, 0.4) is 0 Å². The Kier molecular flexibility index (Phi) is 3.76. The standard InChI is InChI=1S/C23H16N2/c1-16-7-12-22-21(13-16)20(18-5-3-2-4-6-18)14-23(25-22)19-10-8-17(15-24)9-11-19/h2-14H,1H3. The Bertz CT molecular complexity index is 1090. The van der Waals surface area contributed by atoms with Crippen LogP contribution in [0.25, 0.3) is 33.3 Å². The van der Waals surface area contributed by atoms with Gasteiger partial charge in [0, 0.05) is 10.9 Å². The number of hydrogen-bond acceptors (Lipinski definition) is 2. The van der Waals surface area contributed by atoms with Crippen LogP contribution >= 0.6 is 0 Å². The first-order valence-electron chi connectivity index (χ1n) is 8.22. The molecule has 0 radical (unpaired) electrons. The van der Waals surface area contributed by atoms with Gasteiger partial charge in [0.2, 0.25) is 0 Å². The molecular formula is C23H16N2. The summed E-state index contributed by atoms with van der Waals surface area (Å²) in [7, 11) is 0. The molecule has 0 aliphatic heterocycles. The monoisotopic (exact) mass is 320 g/mol. The SMILES string of the molecule is Cc1ccc2nc(-c3ccc(C#N)cc3)cc(-c3ccccc3)c2c1. The zero-order valence-corrected chi connectivity index (χ0v) is 13.9. The number of benzene rings is 3. The molecule has 0 bridgehead atoms. The zero-order chi connectivity index (χ0) is 17.2. The van der Waals surface area contributed by atoms with E-state index in [0.29, 0.717) is 5.56 Å². The second-order valence-corrected chi connectivity index (χ2v) is 6.13. The van der Waals surface area contributed by atoms with E-state index in [1.165, 1.54) is 16.7 Å². The second-order valence-electron chi connectivity index (χ2n) is 6.13. The van der Waals surface area contributed by atoms with E-state index >= 15 is 0 Å². The summed E-state index contributed by atoms with van der Waals surface area (Å²) in [4.78, 5) is 4.85. The van der Waals surface area contributed by atoms with Crippen LogP contribution < -0.4 is 0 Å². The van der Waals surface area contributed by atoms with Crippen LogP contribution in [0.5, 0.6) is 0 Å². The molecule has 1 heterocycles. The van der Waals surface area contributed by atoms with Crippen molar-refractivity contribution in [2.45, 2.75) is 6.92 Å². The van der Waals surface area contributed by atoms with Crippen molar-refractivity contribution >= 4 is 10.9 Å². The summed E-state index contributed by atoms with van der Waals surface area (Å²) in [6, 6.07) is 28.6. The molecule has 2 nitrogen and oxygen atoms in total. The van der Waals surface area contributed by atoms with Crippen LogP contribution in [0.15, 0.2) is 78.9 Å². The molecule has 1 aromatic heterocycles. The summed E-state index contributed by atoms with van der Waals surface area (Å²) in [5, 5.41) is 10.1. The normalized spacial score (nSPS) is 10.6. The molecule has 25 heavy (non-hydrogen) atoms. The number of aryl methyl sites for hydroxylation is 1. The van der Waals surface area contributed by atoms with Gasteiger partial charge in [0.1, 0.15) is 0 Å². The quantitative estimate of drug-likeness (QED) is 0.471. The van der Waals surface area contributed by atoms with Crippen LogP contribution in [-0.4, -0.2) is 4.98 Å². The molecule has 0 unspecified atom stereocenters. The first-order valence-corrected chi connectivity index (χ1v) is 8.22. The van der Waals surface area contributed by atoms with Gasteiger partial charge in [0.25, 0.3) is 0 Å². The Balaban J connectivity index is 1.98. The van der Waals surface area contributed by atoms with Gasteiger partial charge in [-0.05, 0) is 48.4 Å². The van der Waals surface area contributed by atoms with Crippen molar-refractivity contribution in [1.29, 1.82) is 5.26 Å². The number of pyridine rings is 1. The van der Waals surface area contributed by atoms with Gasteiger partial charge in [-0.15, -0.1) is 0 Å². The number of rotatable bonds is 2. The molecule has 0 saturated heterocycles. The van der Waals surface area contributed by atoms with Gasteiger partial charge >= 0.3 is 0 Å². The minimum atomic E-state index is 0.656. The summed E-state index contributed by atoms with van der Waals surface area (Å²) in [6.07, 6.45) is 0. The van der Waals surface area contributed by atoms with Crippen molar-refractivity contribution < 1.29 is 0 Å². The maximum absolute atomic E-state index is 8.99. The fourth-order valence-electron chi connectivity index (χ4n) is 3.06. The molecule has 0 N–H and O–H groups in total. The highest BCUT2D eigenvalue weighted by Crippen LogP contribution is 2.32. The van der Waals surface area contributed by atoms with Crippen molar-refractivity contribution in [3.8, 4) is 28.5 Å². The third-order valence-corrected chi connectivity index (χ3v) is 4.36. The molecule has 0 saturated carbocycles. The average Bonchev–Trinajstić information content (AvgIpc) is 2.68. The van der Waals surface area contributed by atoms with E-state index < -0.39 is 0 Å². The third kappa shape index (κ3) is 2.88. The second kappa shape index (κ2) is 6.22. The summed E-state index contributed by atoms with van der Waals surface area (Å²) < 4.78 is 0. The minimum Gasteiger partial charge on any atom is -0.248 e. The topological polar surface area (TPSA) is 36.7 Å². The van der Waals surface area contributed by atoms with E-state index in [9.17, 15) is 0 Å². The molecule has 118 valence electrons.